The lowest BCUT2D eigenvalue weighted by molar-refractivity contribution is -0.124. The number of benzene rings is 1. The van der Waals surface area contributed by atoms with E-state index in [1.807, 2.05) is 18.6 Å². The number of nitrogens with zero attached hydrogens (tertiary/aromatic N) is 4. The molecule has 2 aromatic rings. The molecule has 5 rings (SSSR count). The maximum Gasteiger partial charge on any atom is 0.234 e. The van der Waals surface area contributed by atoms with E-state index in [1.54, 1.807) is 6.20 Å². The van der Waals surface area contributed by atoms with Gasteiger partial charge >= 0.3 is 0 Å². The van der Waals surface area contributed by atoms with Crippen molar-refractivity contribution in [2.75, 3.05) is 45.8 Å². The van der Waals surface area contributed by atoms with Crippen LogP contribution in [0.4, 0.5) is 0 Å². The van der Waals surface area contributed by atoms with Crippen LogP contribution in [0.1, 0.15) is 11.5 Å². The molecular formula is C22H29N5O2. The van der Waals surface area contributed by atoms with Gasteiger partial charge in [-0.2, -0.15) is 0 Å². The number of rotatable bonds is 6. The molecule has 0 radical (unpaired) electrons. The molecule has 0 bridgehead atoms. The molecule has 4 atom stereocenters. The highest BCUT2D eigenvalue weighted by Crippen LogP contribution is 2.69. The van der Waals surface area contributed by atoms with Crippen molar-refractivity contribution in [3.05, 3.63) is 54.6 Å². The Morgan fingerprint density at radius 1 is 1.21 bits per heavy atom. The normalized spacial score (nSPS) is 32.6. The molecule has 1 aliphatic carbocycles. The van der Waals surface area contributed by atoms with Gasteiger partial charge in [-0.25, -0.2) is 4.98 Å². The minimum atomic E-state index is -0.334. The summed E-state index contributed by atoms with van der Waals surface area (Å²) in [5, 5.41) is 14.1. The second kappa shape index (κ2) is 7.55. The fourth-order valence-corrected chi connectivity index (χ4v) is 5.63. The first-order chi connectivity index (χ1) is 14.2. The summed E-state index contributed by atoms with van der Waals surface area (Å²) in [4.78, 5) is 20.6. The van der Waals surface area contributed by atoms with Crippen LogP contribution in [-0.2, 0) is 11.3 Å². The Labute approximate surface area is 171 Å². The van der Waals surface area contributed by atoms with E-state index >= 15 is 0 Å². The van der Waals surface area contributed by atoms with Crippen molar-refractivity contribution in [1.82, 2.24) is 24.7 Å². The van der Waals surface area contributed by atoms with Gasteiger partial charge in [-0.15, -0.1) is 0 Å². The molecule has 7 nitrogen and oxygen atoms in total. The summed E-state index contributed by atoms with van der Waals surface area (Å²) in [5.74, 6) is 0.835. The lowest BCUT2D eigenvalue weighted by Gasteiger charge is -2.27. The molecule has 154 valence electrons. The van der Waals surface area contributed by atoms with E-state index in [9.17, 15) is 9.90 Å². The van der Waals surface area contributed by atoms with Crippen LogP contribution < -0.4 is 5.32 Å². The number of aromatic nitrogens is 2. The summed E-state index contributed by atoms with van der Waals surface area (Å²) in [6.45, 7) is 6.37. The van der Waals surface area contributed by atoms with E-state index in [0.717, 1.165) is 39.3 Å². The number of hydrogen-bond donors (Lipinski definition) is 2. The van der Waals surface area contributed by atoms with E-state index < -0.39 is 0 Å². The summed E-state index contributed by atoms with van der Waals surface area (Å²) < 4.78 is 2.09. The molecule has 3 heterocycles. The SMILES string of the molecule is O=C1CN(C[C@@H]2[C@@H](c3ccccc3)[C@]23CN(CCn2ccnc2)C[C@H]3O)CCN1. The molecule has 1 aromatic carbocycles. The van der Waals surface area contributed by atoms with Crippen molar-refractivity contribution in [3.8, 4) is 0 Å². The molecule has 1 saturated carbocycles. The third kappa shape index (κ3) is 3.47. The van der Waals surface area contributed by atoms with Gasteiger partial charge in [0, 0.05) is 63.6 Å². The zero-order valence-electron chi connectivity index (χ0n) is 16.7. The van der Waals surface area contributed by atoms with Crippen molar-refractivity contribution in [3.63, 3.8) is 0 Å². The molecule has 1 amide bonds. The number of carbonyl (C=O) groups is 1. The molecule has 1 aromatic heterocycles. The second-order valence-electron chi connectivity index (χ2n) is 8.74. The van der Waals surface area contributed by atoms with Gasteiger partial charge in [-0.3, -0.25) is 14.6 Å². The number of carbonyl (C=O) groups excluding carboxylic acids is 1. The highest BCUT2D eigenvalue weighted by Gasteiger charge is 2.71. The molecule has 2 saturated heterocycles. The van der Waals surface area contributed by atoms with Gasteiger partial charge in [0.1, 0.15) is 0 Å². The standard InChI is InChI=1S/C22H29N5O2/c28-19-13-27(11-10-25-8-6-23-16-25)15-22(19)18(12-26-9-7-24-20(29)14-26)21(22)17-4-2-1-3-5-17/h1-6,8,16,18-19,21,28H,7,9-15H2,(H,24,29)/t18-,19-,21-,22-/m1/s1. The highest BCUT2D eigenvalue weighted by atomic mass is 16.3. The zero-order valence-corrected chi connectivity index (χ0v) is 16.7. The number of piperazine rings is 1. The molecule has 0 unspecified atom stereocenters. The maximum absolute atomic E-state index is 11.8. The summed E-state index contributed by atoms with van der Waals surface area (Å²) >= 11 is 0. The van der Waals surface area contributed by atoms with Crippen LogP contribution in [0, 0.1) is 11.3 Å². The van der Waals surface area contributed by atoms with E-state index in [-0.39, 0.29) is 17.4 Å². The van der Waals surface area contributed by atoms with Crippen LogP contribution in [0.2, 0.25) is 0 Å². The first kappa shape index (κ1) is 18.8. The third-order valence-corrected chi connectivity index (χ3v) is 7.08. The lowest BCUT2D eigenvalue weighted by Crippen LogP contribution is -2.48. The predicted molar refractivity (Wildman–Crippen MR) is 109 cm³/mol. The smallest absolute Gasteiger partial charge is 0.234 e. The molecule has 7 heteroatoms. The van der Waals surface area contributed by atoms with Crippen LogP contribution in [-0.4, -0.2) is 82.3 Å². The quantitative estimate of drug-likeness (QED) is 0.740. The van der Waals surface area contributed by atoms with E-state index in [2.05, 4.69) is 48.9 Å². The Morgan fingerprint density at radius 2 is 2.07 bits per heavy atom. The Morgan fingerprint density at radius 3 is 2.83 bits per heavy atom. The number of hydrogen-bond acceptors (Lipinski definition) is 5. The number of aliphatic hydroxyl groups excluding tert-OH is 1. The van der Waals surface area contributed by atoms with Crippen LogP contribution in [0.15, 0.2) is 49.1 Å². The summed E-state index contributed by atoms with van der Waals surface area (Å²) in [6, 6.07) is 10.6. The predicted octanol–water partition coefficient (Wildman–Crippen LogP) is 0.391. The average Bonchev–Trinajstić information content (AvgIpc) is 3.03. The van der Waals surface area contributed by atoms with Gasteiger partial charge in [0.05, 0.1) is 19.0 Å². The van der Waals surface area contributed by atoms with E-state index in [4.69, 9.17) is 0 Å². The molecular weight excluding hydrogens is 366 g/mol. The highest BCUT2D eigenvalue weighted by molar-refractivity contribution is 5.78. The van der Waals surface area contributed by atoms with Crippen molar-refractivity contribution >= 4 is 5.91 Å². The van der Waals surface area contributed by atoms with Crippen molar-refractivity contribution in [1.29, 1.82) is 0 Å². The molecule has 2 aliphatic heterocycles. The van der Waals surface area contributed by atoms with Crippen molar-refractivity contribution < 1.29 is 9.90 Å². The Hall–Kier alpha value is -2.22. The van der Waals surface area contributed by atoms with E-state index in [0.29, 0.717) is 24.9 Å². The van der Waals surface area contributed by atoms with Gasteiger partial charge in [0.15, 0.2) is 0 Å². The Balaban J connectivity index is 1.33. The molecule has 3 aliphatic rings. The zero-order chi connectivity index (χ0) is 19.8. The van der Waals surface area contributed by atoms with Crippen molar-refractivity contribution in [2.45, 2.75) is 18.6 Å². The van der Waals surface area contributed by atoms with Gasteiger partial charge in [0.25, 0.3) is 0 Å². The second-order valence-corrected chi connectivity index (χ2v) is 8.74. The lowest BCUT2D eigenvalue weighted by atomic mass is 9.95. The number of amides is 1. The van der Waals surface area contributed by atoms with Crippen molar-refractivity contribution in [2.24, 2.45) is 11.3 Å². The largest absolute Gasteiger partial charge is 0.391 e. The summed E-state index contributed by atoms with van der Waals surface area (Å²) in [5.41, 5.74) is 1.21. The molecule has 1 spiro atoms. The van der Waals surface area contributed by atoms with Gasteiger partial charge < -0.3 is 15.0 Å². The Kier molecular flexibility index (Phi) is 4.89. The molecule has 2 N–H and O–H groups in total. The van der Waals surface area contributed by atoms with E-state index in [1.165, 1.54) is 5.56 Å². The number of likely N-dealkylation sites (tertiary alicyclic amines) is 1. The average molecular weight is 396 g/mol. The fraction of sp³-hybridized carbons (Fsp3) is 0.545. The topological polar surface area (TPSA) is 73.6 Å². The van der Waals surface area contributed by atoms with Crippen LogP contribution in [0.5, 0.6) is 0 Å². The third-order valence-electron chi connectivity index (χ3n) is 7.08. The van der Waals surface area contributed by atoms with Crippen LogP contribution in [0.25, 0.3) is 0 Å². The number of aliphatic hydroxyl groups is 1. The first-order valence-corrected chi connectivity index (χ1v) is 10.6. The Bertz CT molecular complexity index is 842. The minimum Gasteiger partial charge on any atom is -0.391 e. The number of β-amino-alcohol motifs (C(OH)–C–C–N with tert-alkyl or cyclic N) is 1. The van der Waals surface area contributed by atoms with Gasteiger partial charge in [-0.05, 0) is 17.4 Å². The summed E-state index contributed by atoms with van der Waals surface area (Å²) in [6.07, 6.45) is 5.29. The van der Waals surface area contributed by atoms with Crippen LogP contribution >= 0.6 is 0 Å². The van der Waals surface area contributed by atoms with Gasteiger partial charge in [-0.1, -0.05) is 30.3 Å². The molecule has 29 heavy (non-hydrogen) atoms. The minimum absolute atomic E-state index is 0.107. The maximum atomic E-state index is 11.8. The number of nitrogens with one attached hydrogen (secondary N) is 1. The monoisotopic (exact) mass is 395 g/mol. The van der Waals surface area contributed by atoms with Gasteiger partial charge in [0.2, 0.25) is 5.91 Å². The number of imidazole rings is 1. The molecule has 3 fully saturated rings. The fourth-order valence-electron chi connectivity index (χ4n) is 5.63. The summed E-state index contributed by atoms with van der Waals surface area (Å²) in [7, 11) is 0. The first-order valence-electron chi connectivity index (χ1n) is 10.6. The van der Waals surface area contributed by atoms with Crippen LogP contribution in [0.3, 0.4) is 0 Å².